The number of unbranched alkanes of at least 4 members (excludes halogenated alkanes) is 1. The maximum atomic E-state index is 14.4. The molecule has 0 aliphatic carbocycles. The maximum Gasteiger partial charge on any atom is 0.412 e. The Morgan fingerprint density at radius 2 is 1.70 bits per heavy atom. The number of anilines is 3. The number of amides is 8. The summed E-state index contributed by atoms with van der Waals surface area (Å²) in [5, 5.41) is 42.5. The number of aliphatic hydroxyl groups is 2. The van der Waals surface area contributed by atoms with Gasteiger partial charge >= 0.3 is 12.1 Å². The molecule has 0 spiro atoms. The molecule has 2 fully saturated rings. The summed E-state index contributed by atoms with van der Waals surface area (Å²) in [5.41, 5.74) is 4.34. The Kier molecular flexibility index (Phi) is 22.7. The van der Waals surface area contributed by atoms with Gasteiger partial charge in [0.2, 0.25) is 24.1 Å². The fraction of sp³-hybridized carbons (Fsp3) is 0.527. The summed E-state index contributed by atoms with van der Waals surface area (Å²) in [7, 11) is 4.43. The number of hydrogen-bond acceptors (Lipinski definition) is 16. The summed E-state index contributed by atoms with van der Waals surface area (Å²) in [4.78, 5) is 93.9. The summed E-state index contributed by atoms with van der Waals surface area (Å²) in [6, 6.07) is 4.95. The number of nitrogens with two attached hydrogens (primary N) is 1. The molecule has 4 heterocycles. The first kappa shape index (κ1) is 64.7. The van der Waals surface area contributed by atoms with Crippen LogP contribution in [0.4, 0.5) is 26.7 Å². The van der Waals surface area contributed by atoms with Crippen molar-refractivity contribution in [3.63, 3.8) is 0 Å². The highest BCUT2D eigenvalue weighted by Crippen LogP contribution is 2.49. The van der Waals surface area contributed by atoms with Crippen molar-refractivity contribution < 1.29 is 67.5 Å². The fourth-order valence-corrected chi connectivity index (χ4v) is 10.7. The van der Waals surface area contributed by atoms with Gasteiger partial charge in [0.25, 0.3) is 11.8 Å². The van der Waals surface area contributed by atoms with Crippen LogP contribution in [-0.2, 0) is 49.3 Å². The van der Waals surface area contributed by atoms with Crippen LogP contribution in [0.1, 0.15) is 78.7 Å². The van der Waals surface area contributed by atoms with Crippen LogP contribution in [0, 0.1) is 11.8 Å². The van der Waals surface area contributed by atoms with Crippen LogP contribution >= 0.6 is 35.4 Å². The lowest BCUT2D eigenvalue weighted by Crippen LogP contribution is -2.65. The predicted octanol–water partition coefficient (Wildman–Crippen LogP) is 4.25. The smallest absolute Gasteiger partial charge is 0.412 e. The molecule has 6 rings (SSSR count). The third-order valence-corrected chi connectivity index (χ3v) is 15.6. The largest absolute Gasteiger partial charge is 0.495 e. The second-order valence-electron chi connectivity index (χ2n) is 21.1. The van der Waals surface area contributed by atoms with Crippen LogP contribution in [0.5, 0.6) is 5.75 Å². The minimum Gasteiger partial charge on any atom is -0.495 e. The lowest BCUT2D eigenvalue weighted by Gasteiger charge is -2.44. The van der Waals surface area contributed by atoms with Gasteiger partial charge in [-0.1, -0.05) is 67.8 Å². The summed E-state index contributed by atoms with van der Waals surface area (Å²) in [6.07, 6.45) is 2.59. The van der Waals surface area contributed by atoms with E-state index in [1.807, 2.05) is 13.0 Å². The van der Waals surface area contributed by atoms with Gasteiger partial charge in [0, 0.05) is 64.0 Å². The molecule has 82 heavy (non-hydrogen) atoms. The lowest BCUT2D eigenvalue weighted by atomic mass is 9.83. The van der Waals surface area contributed by atoms with E-state index in [9.17, 15) is 43.8 Å². The Balaban J connectivity index is 1.16. The maximum absolute atomic E-state index is 14.4. The number of carbonyl (C=O) groups is 7. The molecule has 10 atom stereocenters. The van der Waals surface area contributed by atoms with Gasteiger partial charge in [-0.05, 0) is 100.0 Å². The molecule has 4 aliphatic heterocycles. The zero-order valence-electron chi connectivity index (χ0n) is 47.0. The third kappa shape index (κ3) is 16.9. The van der Waals surface area contributed by atoms with E-state index in [1.165, 1.54) is 56.5 Å². The van der Waals surface area contributed by atoms with Gasteiger partial charge in [0.1, 0.15) is 40.7 Å². The number of rotatable bonds is 19. The molecule has 27 heteroatoms. The van der Waals surface area contributed by atoms with Crippen molar-refractivity contribution in [3.05, 3.63) is 81.9 Å². The SMILES string of the molecule is COc1cc2cc(c1Cl)N(C)C(=O)C[C@H](OC(=O)Nc1ccc(NC(=O)[C@H](CCCNC(N)=O)NC(=O)[C@@H](NC(=S)NCCCCN3C(=O)C=CC3=O)C(C)C)cc1Cl)[C@]1(C)O[C@H]1[C@H](C)[C@@H]1C[C@@](O)(NC(O)O1)[C@H](OC)/C=C/C=C(\C)C2. The number of halogens is 2. The van der Waals surface area contributed by atoms with E-state index in [1.54, 1.807) is 52.0 Å². The van der Waals surface area contributed by atoms with E-state index < -0.39 is 96.4 Å². The Morgan fingerprint density at radius 1 is 0.988 bits per heavy atom. The molecular formula is C55H74Cl2N10O14S. The van der Waals surface area contributed by atoms with E-state index in [2.05, 4.69) is 37.2 Å². The average Bonchev–Trinajstić information content (AvgIpc) is 2.00. The molecule has 0 aromatic heterocycles. The van der Waals surface area contributed by atoms with E-state index in [-0.39, 0.29) is 76.6 Å². The minimum absolute atomic E-state index is 0.0373. The average molecular weight is 1200 g/mol. The lowest BCUT2D eigenvalue weighted by molar-refractivity contribution is -0.271. The number of urea groups is 1. The number of hydrogen-bond donors (Lipinski definition) is 10. The van der Waals surface area contributed by atoms with Crippen LogP contribution in [0.15, 0.2) is 66.3 Å². The number of thiocarbonyl (C=S) groups is 1. The minimum atomic E-state index is -1.81. The molecule has 2 aromatic rings. The van der Waals surface area contributed by atoms with Gasteiger partial charge in [0.15, 0.2) is 10.8 Å². The van der Waals surface area contributed by atoms with Crippen LogP contribution < -0.4 is 52.6 Å². The number of allylic oxidation sites excluding steroid dienone is 3. The second-order valence-corrected chi connectivity index (χ2v) is 22.3. The van der Waals surface area contributed by atoms with Crippen molar-refractivity contribution >= 4 is 99.3 Å². The molecule has 448 valence electrons. The highest BCUT2D eigenvalue weighted by atomic mass is 35.5. The number of primary amides is 1. The normalized spacial score (nSPS) is 26.4. The van der Waals surface area contributed by atoms with Crippen LogP contribution in [0.3, 0.4) is 0 Å². The number of benzene rings is 2. The molecule has 4 bridgehead atoms. The first-order valence-corrected chi connectivity index (χ1v) is 27.9. The molecule has 4 aliphatic rings. The Hall–Kier alpha value is -6.42. The van der Waals surface area contributed by atoms with Crippen LogP contribution in [0.2, 0.25) is 10.0 Å². The highest BCUT2D eigenvalue weighted by molar-refractivity contribution is 7.80. The second kappa shape index (κ2) is 28.7. The van der Waals surface area contributed by atoms with Crippen molar-refractivity contribution in [1.29, 1.82) is 0 Å². The van der Waals surface area contributed by atoms with Crippen molar-refractivity contribution in [2.24, 2.45) is 17.6 Å². The van der Waals surface area contributed by atoms with Gasteiger partial charge in [-0.25, -0.2) is 14.9 Å². The number of nitrogens with zero attached hydrogens (tertiary/aromatic N) is 2. The number of methoxy groups -OCH3 is 2. The van der Waals surface area contributed by atoms with Gasteiger partial charge in [0.05, 0.1) is 42.1 Å². The van der Waals surface area contributed by atoms with Gasteiger partial charge < -0.3 is 71.1 Å². The first-order chi connectivity index (χ1) is 38.8. The van der Waals surface area contributed by atoms with Crippen molar-refractivity contribution in [2.45, 2.75) is 134 Å². The number of aliphatic hydroxyl groups excluding tert-OH is 1. The van der Waals surface area contributed by atoms with E-state index >= 15 is 0 Å². The van der Waals surface area contributed by atoms with E-state index in [4.69, 9.17) is 64.8 Å². The van der Waals surface area contributed by atoms with E-state index in [0.29, 0.717) is 37.2 Å². The number of ether oxygens (including phenoxy) is 5. The number of nitrogens with one attached hydrogen (secondary N) is 7. The zero-order chi connectivity index (χ0) is 60.2. The molecular weight excluding hydrogens is 1130 g/mol. The van der Waals surface area contributed by atoms with Crippen LogP contribution in [-0.4, -0.2) is 157 Å². The van der Waals surface area contributed by atoms with Gasteiger partial charge in [-0.15, -0.1) is 0 Å². The molecule has 11 N–H and O–H groups in total. The quantitative estimate of drug-likeness (QED) is 0.0407. The zero-order valence-corrected chi connectivity index (χ0v) is 49.3. The van der Waals surface area contributed by atoms with Gasteiger partial charge in [-0.2, -0.15) is 0 Å². The fourth-order valence-electron chi connectivity index (χ4n) is 9.93. The van der Waals surface area contributed by atoms with Crippen molar-refractivity contribution in [3.8, 4) is 5.75 Å². The first-order valence-electron chi connectivity index (χ1n) is 26.8. The summed E-state index contributed by atoms with van der Waals surface area (Å²) >= 11 is 19.0. The molecule has 8 amide bonds. The summed E-state index contributed by atoms with van der Waals surface area (Å²) in [6.45, 7) is 9.69. The van der Waals surface area contributed by atoms with Crippen LogP contribution in [0.25, 0.3) is 0 Å². The number of epoxide rings is 1. The molecule has 1 unspecified atom stereocenters. The predicted molar refractivity (Wildman–Crippen MR) is 310 cm³/mol. The number of carbonyl (C=O) groups excluding carboxylic acids is 7. The molecule has 2 saturated heterocycles. The number of fused-ring (bicyclic) bond motifs is 5. The Labute approximate surface area is 491 Å². The molecule has 2 aromatic carbocycles. The molecule has 0 saturated carbocycles. The molecule has 24 nitrogen and oxygen atoms in total. The summed E-state index contributed by atoms with van der Waals surface area (Å²) in [5.74, 6) is -2.99. The number of imide groups is 1. The highest BCUT2D eigenvalue weighted by Gasteiger charge is 2.64. The molecule has 0 radical (unpaired) electrons. The standard InChI is InChI=1S/C55H74Cl2N10O14S/c1-29(2)46(64-51(82)60-20-9-10-22-67-42(68)18-19-43(67)69)49(72)62-36(14-12-21-59-50(58)73)48(71)61-33-16-17-35(34(56)26-33)63-52(74)80-41-27-44(70)66(6)37-24-32(25-38(77-7)45(37)57)23-30(3)13-11-15-40(78-8)55(76)28-39(79-53(75)65-55)31(4)47-54(41,5)81-47/h11,13,15-19,24-26,29,31,36,39-41,46-47,53,65,75-76H,9-10,12,14,20-23,27-28H2,1-8H3,(H,61,71)(H,62,72)(H,63,74)(H3,58,59,73)(H2,60,64,82)/b15-11+,30-13+/t31-,36+,39+,40-,41+,46+,47+,53?,54+,55+/m1/s1. The monoisotopic (exact) mass is 1200 g/mol. The Bertz CT molecular complexity index is 2810. The van der Waals surface area contributed by atoms with Crippen molar-refractivity contribution in [1.82, 2.24) is 31.5 Å². The van der Waals surface area contributed by atoms with Crippen molar-refractivity contribution in [2.75, 3.05) is 56.4 Å². The topological polar surface area (TPSA) is 326 Å². The third-order valence-electron chi connectivity index (χ3n) is 14.6. The van der Waals surface area contributed by atoms with E-state index in [0.717, 1.165) is 16.0 Å². The summed E-state index contributed by atoms with van der Waals surface area (Å²) < 4.78 is 29.6. The van der Waals surface area contributed by atoms with Gasteiger partial charge in [-0.3, -0.25) is 34.2 Å². The Morgan fingerprint density at radius 3 is 2.35 bits per heavy atom.